The lowest BCUT2D eigenvalue weighted by molar-refractivity contribution is -0.161. The number of phosphoric ester groups is 2. The summed E-state index contributed by atoms with van der Waals surface area (Å²) < 4.78 is 68.6. The number of unbranched alkanes of at least 4 members (excludes halogenated alkanes) is 50. The maximum Gasteiger partial charge on any atom is 0.472 e. The van der Waals surface area contributed by atoms with Crippen LogP contribution in [-0.2, 0) is 65.4 Å². The van der Waals surface area contributed by atoms with Crippen LogP contribution in [0.2, 0.25) is 0 Å². The Morgan fingerprint density at radius 1 is 0.278 bits per heavy atom. The molecule has 0 bridgehead atoms. The van der Waals surface area contributed by atoms with Crippen LogP contribution < -0.4 is 0 Å². The molecule has 0 aliphatic heterocycles. The highest BCUT2D eigenvalue weighted by molar-refractivity contribution is 7.47. The summed E-state index contributed by atoms with van der Waals surface area (Å²) in [5.74, 6) is -1.40. The summed E-state index contributed by atoms with van der Waals surface area (Å²) in [6.45, 7) is 7.26. The number of esters is 4. The monoisotopic (exact) mass is 1420 g/mol. The van der Waals surface area contributed by atoms with Crippen molar-refractivity contribution in [1.29, 1.82) is 0 Å². The molecule has 97 heavy (non-hydrogen) atoms. The van der Waals surface area contributed by atoms with Gasteiger partial charge in [-0.15, -0.1) is 0 Å². The Morgan fingerprint density at radius 2 is 0.474 bits per heavy atom. The number of ether oxygens (including phenoxy) is 4. The third-order valence-corrected chi connectivity index (χ3v) is 20.2. The van der Waals surface area contributed by atoms with Crippen LogP contribution in [0.5, 0.6) is 0 Å². The van der Waals surface area contributed by atoms with E-state index in [2.05, 4.69) is 34.6 Å². The highest BCUT2D eigenvalue weighted by Crippen LogP contribution is 2.45. The van der Waals surface area contributed by atoms with Crippen molar-refractivity contribution in [3.05, 3.63) is 0 Å². The normalized spacial score (nSPS) is 13.9. The van der Waals surface area contributed by atoms with Crippen LogP contribution in [0.15, 0.2) is 0 Å². The number of carbonyl (C=O) groups is 4. The van der Waals surface area contributed by atoms with Crippen molar-refractivity contribution in [3.63, 3.8) is 0 Å². The number of hydrogen-bond donors (Lipinski definition) is 3. The molecule has 0 saturated heterocycles. The van der Waals surface area contributed by atoms with Crippen LogP contribution in [0.25, 0.3) is 0 Å². The largest absolute Gasteiger partial charge is 0.472 e. The standard InChI is InChI=1S/C78H152O17P2/c1-6-9-12-15-18-21-24-27-29-31-33-35-37-40-43-48-54-59-64-78(83)94-73(67-88-75(80)61-56-51-46-41-39-36-34-32-30-28-25-22-19-16-13-10-7-2)69-92-96(84,85)90-65-72(79)66-91-97(86,87)93-70-74(68-89-76(81)62-57-52-49-44-45-50-55-60-71(4)5)95-77(82)63-58-53-47-42-38-26-23-20-17-14-11-8-3/h71-74,79H,6-70H2,1-5H3,(H,84,85)(H,86,87)/t72-,73-,74-/m1/s1. The minimum Gasteiger partial charge on any atom is -0.462 e. The van der Waals surface area contributed by atoms with Gasteiger partial charge in [0.1, 0.15) is 19.3 Å². The fourth-order valence-corrected chi connectivity index (χ4v) is 13.6. The minimum absolute atomic E-state index is 0.107. The minimum atomic E-state index is -4.96. The molecule has 0 aliphatic rings. The number of aliphatic hydroxyl groups excluding tert-OH is 1. The first-order valence-electron chi connectivity index (χ1n) is 40.6. The Labute approximate surface area is 594 Å². The molecule has 0 spiro atoms. The average molecular weight is 1420 g/mol. The molecule has 0 rings (SSSR count). The molecule has 0 aromatic heterocycles. The molecule has 5 atom stereocenters. The molecule has 0 heterocycles. The average Bonchev–Trinajstić information content (AvgIpc) is 1.01. The number of hydrogen-bond acceptors (Lipinski definition) is 15. The van der Waals surface area contributed by atoms with Crippen molar-refractivity contribution >= 4 is 39.5 Å². The summed E-state index contributed by atoms with van der Waals surface area (Å²) in [6, 6.07) is 0. The molecule has 2 unspecified atom stereocenters. The van der Waals surface area contributed by atoms with Gasteiger partial charge >= 0.3 is 39.5 Å². The van der Waals surface area contributed by atoms with Gasteiger partial charge in [-0.1, -0.05) is 362 Å². The van der Waals surface area contributed by atoms with Crippen LogP contribution >= 0.6 is 15.6 Å². The van der Waals surface area contributed by atoms with E-state index < -0.39 is 97.5 Å². The van der Waals surface area contributed by atoms with Gasteiger partial charge in [0.25, 0.3) is 0 Å². The Kier molecular flexibility index (Phi) is 69.6. The summed E-state index contributed by atoms with van der Waals surface area (Å²) in [5, 5.41) is 10.6. The lowest BCUT2D eigenvalue weighted by Crippen LogP contribution is -2.30. The van der Waals surface area contributed by atoms with E-state index in [9.17, 15) is 43.2 Å². The maximum absolute atomic E-state index is 13.1. The van der Waals surface area contributed by atoms with Crippen LogP contribution in [0.1, 0.15) is 413 Å². The number of phosphoric acid groups is 2. The van der Waals surface area contributed by atoms with Gasteiger partial charge in [-0.2, -0.15) is 0 Å². The molecule has 0 radical (unpaired) electrons. The first-order chi connectivity index (χ1) is 47.0. The quantitative estimate of drug-likeness (QED) is 0.0222. The second kappa shape index (κ2) is 71.1. The third kappa shape index (κ3) is 72.2. The lowest BCUT2D eigenvalue weighted by Gasteiger charge is -2.21. The van der Waals surface area contributed by atoms with Gasteiger partial charge < -0.3 is 33.8 Å². The summed E-state index contributed by atoms with van der Waals surface area (Å²) >= 11 is 0. The highest BCUT2D eigenvalue weighted by atomic mass is 31.2. The van der Waals surface area contributed by atoms with E-state index in [1.165, 1.54) is 231 Å². The molecule has 0 fully saturated rings. The second-order valence-corrected chi connectivity index (χ2v) is 31.5. The smallest absolute Gasteiger partial charge is 0.462 e. The zero-order valence-corrected chi connectivity index (χ0v) is 65.0. The van der Waals surface area contributed by atoms with Crippen molar-refractivity contribution in [2.24, 2.45) is 5.92 Å². The van der Waals surface area contributed by atoms with Gasteiger partial charge in [-0.25, -0.2) is 9.13 Å². The lowest BCUT2D eigenvalue weighted by atomic mass is 10.0. The Bertz CT molecular complexity index is 1860. The van der Waals surface area contributed by atoms with Crippen molar-refractivity contribution in [2.75, 3.05) is 39.6 Å². The van der Waals surface area contributed by atoms with Crippen molar-refractivity contribution in [1.82, 2.24) is 0 Å². The topological polar surface area (TPSA) is 237 Å². The van der Waals surface area contributed by atoms with Gasteiger partial charge in [-0.3, -0.25) is 37.3 Å². The molecule has 0 aromatic carbocycles. The Balaban J connectivity index is 5.23. The van der Waals surface area contributed by atoms with E-state index in [0.29, 0.717) is 31.6 Å². The SMILES string of the molecule is CCCCCCCCCCCCCCCCCCCCC(=O)O[C@H](COC(=O)CCCCCCCCCCCCCCCCCCC)COP(=O)(O)OC[C@@H](O)COP(=O)(O)OC[C@@H](COC(=O)CCCCCCCCCC(C)C)OC(=O)CCCCCCCCCCCCCC. The van der Waals surface area contributed by atoms with E-state index in [1.54, 1.807) is 0 Å². The molecule has 19 heteroatoms. The molecule has 0 saturated carbocycles. The van der Waals surface area contributed by atoms with E-state index in [0.717, 1.165) is 96.3 Å². The molecule has 17 nitrogen and oxygen atoms in total. The summed E-state index contributed by atoms with van der Waals surface area (Å²) in [6.07, 6.45) is 61.1. The Hall–Kier alpha value is -1.94. The number of rotatable bonds is 78. The van der Waals surface area contributed by atoms with Crippen LogP contribution in [0.4, 0.5) is 0 Å². The van der Waals surface area contributed by atoms with Crippen LogP contribution in [-0.4, -0.2) is 96.7 Å². The van der Waals surface area contributed by atoms with Gasteiger partial charge in [0, 0.05) is 25.7 Å². The fraction of sp³-hybridized carbons (Fsp3) is 0.949. The summed E-state index contributed by atoms with van der Waals surface area (Å²) in [5.41, 5.74) is 0. The predicted octanol–water partition coefficient (Wildman–Crippen LogP) is 23.3. The first-order valence-corrected chi connectivity index (χ1v) is 43.6. The molecule has 0 aromatic rings. The van der Waals surface area contributed by atoms with Gasteiger partial charge in [0.15, 0.2) is 12.2 Å². The van der Waals surface area contributed by atoms with Crippen LogP contribution in [0.3, 0.4) is 0 Å². The van der Waals surface area contributed by atoms with E-state index >= 15 is 0 Å². The first kappa shape index (κ1) is 95.1. The van der Waals surface area contributed by atoms with E-state index in [1.807, 2.05) is 0 Å². The van der Waals surface area contributed by atoms with Gasteiger partial charge in [-0.05, 0) is 31.6 Å². The van der Waals surface area contributed by atoms with E-state index in [4.69, 9.17) is 37.0 Å². The molecule has 3 N–H and O–H groups in total. The fourth-order valence-electron chi connectivity index (χ4n) is 12.1. The van der Waals surface area contributed by atoms with Gasteiger partial charge in [0.05, 0.1) is 26.4 Å². The number of aliphatic hydroxyl groups is 1. The second-order valence-electron chi connectivity index (χ2n) is 28.6. The predicted molar refractivity (Wildman–Crippen MR) is 395 cm³/mol. The van der Waals surface area contributed by atoms with Crippen molar-refractivity contribution < 1.29 is 80.2 Å². The van der Waals surface area contributed by atoms with Crippen molar-refractivity contribution in [3.8, 4) is 0 Å². The highest BCUT2D eigenvalue weighted by Gasteiger charge is 2.30. The molecule has 0 aliphatic carbocycles. The molecular weight excluding hydrogens is 1270 g/mol. The number of carbonyl (C=O) groups excluding carboxylic acids is 4. The third-order valence-electron chi connectivity index (χ3n) is 18.3. The van der Waals surface area contributed by atoms with Crippen molar-refractivity contribution in [2.45, 2.75) is 432 Å². The van der Waals surface area contributed by atoms with Gasteiger partial charge in [0.2, 0.25) is 0 Å². The molecule has 0 amide bonds. The van der Waals surface area contributed by atoms with E-state index in [-0.39, 0.29) is 25.7 Å². The van der Waals surface area contributed by atoms with Crippen LogP contribution in [0, 0.1) is 5.92 Å². The zero-order chi connectivity index (χ0) is 71.2. The summed E-state index contributed by atoms with van der Waals surface area (Å²) in [4.78, 5) is 72.9. The summed E-state index contributed by atoms with van der Waals surface area (Å²) in [7, 11) is -9.91. The molecule has 576 valence electrons. The maximum atomic E-state index is 13.1. The Morgan fingerprint density at radius 3 is 0.701 bits per heavy atom. The zero-order valence-electron chi connectivity index (χ0n) is 63.2. The molecular formula is C78H152O17P2.